The number of thiazole rings is 1. The van der Waals surface area contributed by atoms with Crippen LogP contribution >= 0.6 is 11.3 Å². The average molecular weight is 374 g/mol. The Kier molecular flexibility index (Phi) is 7.59. The van der Waals surface area contributed by atoms with E-state index in [0.29, 0.717) is 12.1 Å². The van der Waals surface area contributed by atoms with Crippen molar-refractivity contribution in [2.45, 2.75) is 33.7 Å². The molecule has 0 saturated carbocycles. The number of amides is 1. The number of hydrogen-bond acceptors (Lipinski definition) is 4. The van der Waals surface area contributed by atoms with Crippen LogP contribution in [0.2, 0.25) is 0 Å². The SMILES string of the molecule is CCNC(=NCc1ccc(C(=O)NC)cc1)NCCc1nc(C)c(C)s1. The first-order valence-corrected chi connectivity index (χ1v) is 9.61. The molecule has 0 atom stereocenters. The van der Waals surface area contributed by atoms with Gasteiger partial charge < -0.3 is 16.0 Å². The molecular formula is C19H27N5OS. The molecule has 26 heavy (non-hydrogen) atoms. The zero-order valence-corrected chi connectivity index (χ0v) is 16.7. The minimum absolute atomic E-state index is 0.0808. The summed E-state index contributed by atoms with van der Waals surface area (Å²) >= 11 is 1.75. The summed E-state index contributed by atoms with van der Waals surface area (Å²) in [7, 11) is 1.63. The van der Waals surface area contributed by atoms with Crippen LogP contribution in [0.1, 0.15) is 38.4 Å². The standard InChI is InChI=1S/C19H27N5OS/c1-5-21-19(22-11-10-17-24-13(2)14(3)26-17)23-12-15-6-8-16(9-7-15)18(25)20-4/h6-9H,5,10-12H2,1-4H3,(H,20,25)(H2,21,22,23). The van der Waals surface area contributed by atoms with Gasteiger partial charge in [0.25, 0.3) is 5.91 Å². The van der Waals surface area contributed by atoms with E-state index >= 15 is 0 Å². The van der Waals surface area contributed by atoms with Crippen molar-refractivity contribution in [3.63, 3.8) is 0 Å². The zero-order chi connectivity index (χ0) is 18.9. The summed E-state index contributed by atoms with van der Waals surface area (Å²) in [6.07, 6.45) is 0.880. The molecule has 1 heterocycles. The number of aromatic nitrogens is 1. The fourth-order valence-electron chi connectivity index (χ4n) is 2.35. The molecule has 0 saturated heterocycles. The minimum atomic E-state index is -0.0808. The molecule has 0 aliphatic heterocycles. The number of carbonyl (C=O) groups is 1. The maximum Gasteiger partial charge on any atom is 0.251 e. The van der Waals surface area contributed by atoms with Gasteiger partial charge in [-0.1, -0.05) is 12.1 Å². The normalized spacial score (nSPS) is 11.3. The van der Waals surface area contributed by atoms with E-state index in [0.717, 1.165) is 41.7 Å². The van der Waals surface area contributed by atoms with Crippen LogP contribution in [0, 0.1) is 13.8 Å². The molecule has 0 spiro atoms. The third kappa shape index (κ3) is 5.84. The van der Waals surface area contributed by atoms with Crippen molar-refractivity contribution in [3.8, 4) is 0 Å². The van der Waals surface area contributed by atoms with Crippen molar-refractivity contribution in [2.75, 3.05) is 20.1 Å². The number of nitrogens with zero attached hydrogens (tertiary/aromatic N) is 2. The molecule has 7 heteroatoms. The Labute approximate surface area is 159 Å². The van der Waals surface area contributed by atoms with Gasteiger partial charge in [0.1, 0.15) is 0 Å². The fourth-order valence-corrected chi connectivity index (χ4v) is 3.29. The van der Waals surface area contributed by atoms with Crippen LogP contribution in [0.5, 0.6) is 0 Å². The molecule has 2 rings (SSSR count). The third-order valence-corrected chi connectivity index (χ3v) is 5.04. The lowest BCUT2D eigenvalue weighted by Crippen LogP contribution is -2.38. The monoisotopic (exact) mass is 373 g/mol. The third-order valence-electron chi connectivity index (χ3n) is 3.91. The summed E-state index contributed by atoms with van der Waals surface area (Å²) in [5.74, 6) is 0.704. The molecule has 1 aromatic heterocycles. The molecule has 6 nitrogen and oxygen atoms in total. The van der Waals surface area contributed by atoms with Crippen molar-refractivity contribution < 1.29 is 4.79 Å². The lowest BCUT2D eigenvalue weighted by atomic mass is 10.1. The van der Waals surface area contributed by atoms with Crippen LogP contribution < -0.4 is 16.0 Å². The number of aliphatic imine (C=N–C) groups is 1. The lowest BCUT2D eigenvalue weighted by molar-refractivity contribution is 0.0963. The molecule has 0 bridgehead atoms. The van der Waals surface area contributed by atoms with Crippen molar-refractivity contribution in [3.05, 3.63) is 51.0 Å². The summed E-state index contributed by atoms with van der Waals surface area (Å²) in [4.78, 5) is 22.0. The summed E-state index contributed by atoms with van der Waals surface area (Å²) in [6.45, 7) is 8.33. The fraction of sp³-hybridized carbons (Fsp3) is 0.421. The van der Waals surface area contributed by atoms with Crippen LogP contribution in [-0.2, 0) is 13.0 Å². The first-order valence-electron chi connectivity index (χ1n) is 8.79. The highest BCUT2D eigenvalue weighted by Crippen LogP contribution is 2.16. The van der Waals surface area contributed by atoms with E-state index < -0.39 is 0 Å². The average Bonchev–Trinajstić information content (AvgIpc) is 2.97. The topological polar surface area (TPSA) is 78.4 Å². The van der Waals surface area contributed by atoms with E-state index in [-0.39, 0.29) is 5.91 Å². The number of aryl methyl sites for hydroxylation is 2. The van der Waals surface area contributed by atoms with E-state index in [9.17, 15) is 4.79 Å². The van der Waals surface area contributed by atoms with Gasteiger partial charge in [-0.25, -0.2) is 9.98 Å². The Hall–Kier alpha value is -2.41. The molecule has 0 radical (unpaired) electrons. The van der Waals surface area contributed by atoms with Gasteiger partial charge in [-0.15, -0.1) is 11.3 Å². The lowest BCUT2D eigenvalue weighted by Gasteiger charge is -2.10. The summed E-state index contributed by atoms with van der Waals surface area (Å²) < 4.78 is 0. The molecule has 3 N–H and O–H groups in total. The number of carbonyl (C=O) groups excluding carboxylic acids is 1. The first kappa shape index (κ1) is 19.9. The number of benzene rings is 1. The van der Waals surface area contributed by atoms with E-state index in [2.05, 4.69) is 32.9 Å². The molecule has 140 valence electrons. The highest BCUT2D eigenvalue weighted by Gasteiger charge is 2.05. The molecule has 1 amide bonds. The number of guanidine groups is 1. The van der Waals surface area contributed by atoms with Gasteiger partial charge in [-0.3, -0.25) is 4.79 Å². The quantitative estimate of drug-likeness (QED) is 0.514. The maximum atomic E-state index is 11.6. The Morgan fingerprint density at radius 1 is 1.19 bits per heavy atom. The largest absolute Gasteiger partial charge is 0.357 e. The Bertz CT molecular complexity index is 732. The van der Waals surface area contributed by atoms with E-state index in [4.69, 9.17) is 0 Å². The Balaban J connectivity index is 1.90. The van der Waals surface area contributed by atoms with E-state index in [1.54, 1.807) is 18.4 Å². The number of nitrogens with one attached hydrogen (secondary N) is 3. The first-order chi connectivity index (χ1) is 12.5. The summed E-state index contributed by atoms with van der Waals surface area (Å²) in [5.41, 5.74) is 2.83. The van der Waals surface area contributed by atoms with Crippen molar-refractivity contribution >= 4 is 23.2 Å². The predicted molar refractivity (Wildman–Crippen MR) is 108 cm³/mol. The summed E-state index contributed by atoms with van der Waals surface area (Å²) in [5, 5.41) is 10.4. The van der Waals surface area contributed by atoms with Crippen molar-refractivity contribution in [1.29, 1.82) is 0 Å². The number of hydrogen-bond donors (Lipinski definition) is 3. The summed E-state index contributed by atoms with van der Waals surface area (Å²) in [6, 6.07) is 7.49. The van der Waals surface area contributed by atoms with Gasteiger partial charge in [-0.2, -0.15) is 0 Å². The van der Waals surface area contributed by atoms with E-state index in [1.807, 2.05) is 38.1 Å². The van der Waals surface area contributed by atoms with Crippen LogP contribution in [0.3, 0.4) is 0 Å². The smallest absolute Gasteiger partial charge is 0.251 e. The zero-order valence-electron chi connectivity index (χ0n) is 15.8. The predicted octanol–water partition coefficient (Wildman–Crippen LogP) is 2.42. The highest BCUT2D eigenvalue weighted by atomic mass is 32.1. The van der Waals surface area contributed by atoms with Gasteiger partial charge in [0, 0.05) is 37.0 Å². The molecular weight excluding hydrogens is 346 g/mol. The van der Waals surface area contributed by atoms with Crippen LogP contribution in [0.4, 0.5) is 0 Å². The second-order valence-corrected chi connectivity index (χ2v) is 7.18. The van der Waals surface area contributed by atoms with Gasteiger partial charge in [0.05, 0.1) is 17.2 Å². The second kappa shape index (κ2) is 9.91. The van der Waals surface area contributed by atoms with Gasteiger partial charge in [-0.05, 0) is 38.5 Å². The molecule has 0 aliphatic rings. The maximum absolute atomic E-state index is 11.6. The van der Waals surface area contributed by atoms with Crippen molar-refractivity contribution in [2.24, 2.45) is 4.99 Å². The van der Waals surface area contributed by atoms with Crippen LogP contribution in [0.15, 0.2) is 29.3 Å². The van der Waals surface area contributed by atoms with Gasteiger partial charge in [0.2, 0.25) is 0 Å². The van der Waals surface area contributed by atoms with E-state index in [1.165, 1.54) is 4.88 Å². The molecule has 0 aliphatic carbocycles. The molecule has 1 aromatic carbocycles. The van der Waals surface area contributed by atoms with Crippen LogP contribution in [-0.4, -0.2) is 37.0 Å². The number of rotatable bonds is 7. The van der Waals surface area contributed by atoms with Crippen molar-refractivity contribution in [1.82, 2.24) is 20.9 Å². The highest BCUT2D eigenvalue weighted by molar-refractivity contribution is 7.11. The minimum Gasteiger partial charge on any atom is -0.357 e. The Morgan fingerprint density at radius 3 is 2.50 bits per heavy atom. The Morgan fingerprint density at radius 2 is 1.92 bits per heavy atom. The molecule has 0 unspecified atom stereocenters. The van der Waals surface area contributed by atoms with Gasteiger partial charge in [0.15, 0.2) is 5.96 Å². The van der Waals surface area contributed by atoms with Crippen LogP contribution in [0.25, 0.3) is 0 Å². The second-order valence-electron chi connectivity index (χ2n) is 5.90. The molecule has 0 fully saturated rings. The molecule has 2 aromatic rings. The van der Waals surface area contributed by atoms with Gasteiger partial charge >= 0.3 is 0 Å².